The van der Waals surface area contributed by atoms with Gasteiger partial charge < -0.3 is 9.47 Å². The molecule has 10 nitrogen and oxygen atoms in total. The van der Waals surface area contributed by atoms with E-state index in [4.69, 9.17) is 21.1 Å². The second kappa shape index (κ2) is 10.00. The zero-order valence-electron chi connectivity index (χ0n) is 18.3. The van der Waals surface area contributed by atoms with Crippen LogP contribution >= 0.6 is 11.6 Å². The Hall–Kier alpha value is -3.52. The Morgan fingerprint density at radius 1 is 1.17 bits per heavy atom. The number of halogens is 4. The van der Waals surface area contributed by atoms with Gasteiger partial charge in [-0.2, -0.15) is 13.5 Å². The van der Waals surface area contributed by atoms with Crippen LogP contribution in [-0.4, -0.2) is 41.0 Å². The van der Waals surface area contributed by atoms with Crippen molar-refractivity contribution in [3.8, 4) is 22.9 Å². The van der Waals surface area contributed by atoms with Crippen LogP contribution in [0.3, 0.4) is 0 Å². The van der Waals surface area contributed by atoms with Crippen molar-refractivity contribution >= 4 is 27.5 Å². The molecule has 0 spiro atoms. The maximum absolute atomic E-state index is 14.5. The van der Waals surface area contributed by atoms with Crippen LogP contribution in [0.1, 0.15) is 19.3 Å². The predicted octanol–water partition coefficient (Wildman–Crippen LogP) is 3.17. The van der Waals surface area contributed by atoms with Crippen LogP contribution < -0.4 is 19.9 Å². The number of hydrogen-bond donors (Lipinski definition) is 1. The molecular weight excluding hydrogens is 517 g/mol. The Balaban J connectivity index is 1.82. The molecule has 0 saturated heterocycles. The van der Waals surface area contributed by atoms with E-state index in [-0.39, 0.29) is 32.7 Å². The van der Waals surface area contributed by atoms with E-state index < -0.39 is 45.8 Å². The van der Waals surface area contributed by atoms with Crippen LogP contribution in [0.15, 0.2) is 41.2 Å². The molecule has 1 aromatic heterocycles. The van der Waals surface area contributed by atoms with Gasteiger partial charge in [-0.25, -0.2) is 22.2 Å². The van der Waals surface area contributed by atoms with Crippen molar-refractivity contribution < 1.29 is 35.9 Å². The second-order valence-corrected chi connectivity index (χ2v) is 9.35. The Morgan fingerprint density at radius 3 is 2.31 bits per heavy atom. The van der Waals surface area contributed by atoms with Gasteiger partial charge in [0.15, 0.2) is 11.9 Å². The first kappa shape index (κ1) is 26.1. The van der Waals surface area contributed by atoms with Gasteiger partial charge in [0.2, 0.25) is 10.0 Å². The van der Waals surface area contributed by atoms with E-state index in [1.165, 1.54) is 38.1 Å². The topological polar surface area (TPSA) is 122 Å². The number of carbonyl (C=O) groups excluding carboxylic acids is 1. The van der Waals surface area contributed by atoms with E-state index >= 15 is 0 Å². The molecule has 0 saturated carbocycles. The fourth-order valence-electron chi connectivity index (χ4n) is 2.85. The normalized spacial score (nSPS) is 12.5. The molecule has 1 heterocycles. The van der Waals surface area contributed by atoms with Crippen molar-refractivity contribution in [1.82, 2.24) is 19.1 Å². The number of alkyl halides is 2. The number of sulfonamides is 1. The average molecular weight is 535 g/mol. The number of hydrogen-bond acceptors (Lipinski definition) is 7. The van der Waals surface area contributed by atoms with Crippen molar-refractivity contribution in [2.45, 2.75) is 26.5 Å². The first-order valence-electron chi connectivity index (χ1n) is 9.68. The summed E-state index contributed by atoms with van der Waals surface area (Å²) in [6, 6.07) is 7.53. The lowest BCUT2D eigenvalue weighted by Crippen LogP contribution is -2.39. The quantitative estimate of drug-likeness (QED) is 0.471. The molecule has 35 heavy (non-hydrogen) atoms. The van der Waals surface area contributed by atoms with Crippen molar-refractivity contribution in [1.29, 1.82) is 0 Å². The zero-order chi connectivity index (χ0) is 26.1. The number of rotatable bonds is 8. The Morgan fingerprint density at radius 2 is 1.77 bits per heavy atom. The number of ether oxygens (including phenoxy) is 2. The molecule has 0 fully saturated rings. The van der Waals surface area contributed by atoms with Gasteiger partial charge in [0.1, 0.15) is 28.8 Å². The van der Waals surface area contributed by atoms with Crippen LogP contribution in [0.25, 0.3) is 5.69 Å². The summed E-state index contributed by atoms with van der Waals surface area (Å²) in [5.41, 5.74) is -1.71. The van der Waals surface area contributed by atoms with Crippen LogP contribution in [-0.2, 0) is 14.8 Å². The van der Waals surface area contributed by atoms with Gasteiger partial charge in [-0.1, -0.05) is 11.6 Å². The maximum atomic E-state index is 14.5. The van der Waals surface area contributed by atoms with Crippen molar-refractivity contribution in [2.24, 2.45) is 0 Å². The minimum absolute atomic E-state index is 0.102. The van der Waals surface area contributed by atoms with Gasteiger partial charge in [-0.05, 0) is 44.2 Å². The molecule has 1 atom stereocenters. The third-order valence-corrected chi connectivity index (χ3v) is 5.29. The summed E-state index contributed by atoms with van der Waals surface area (Å²) < 4.78 is 76.3. The van der Waals surface area contributed by atoms with Crippen molar-refractivity contribution in [2.75, 3.05) is 6.26 Å². The summed E-state index contributed by atoms with van der Waals surface area (Å²) in [4.78, 5) is 24.1. The van der Waals surface area contributed by atoms with E-state index in [9.17, 15) is 31.2 Å². The highest BCUT2D eigenvalue weighted by Gasteiger charge is 2.22. The zero-order valence-corrected chi connectivity index (χ0v) is 19.9. The summed E-state index contributed by atoms with van der Waals surface area (Å²) in [6.07, 6.45) is -0.294. The number of amides is 1. The molecule has 0 radical (unpaired) electrons. The Kier molecular flexibility index (Phi) is 7.45. The molecular formula is C20H18ClF3N4O6S. The number of nitrogens with one attached hydrogen (secondary N) is 1. The van der Waals surface area contributed by atoms with Crippen LogP contribution in [0.2, 0.25) is 5.02 Å². The first-order chi connectivity index (χ1) is 16.3. The monoisotopic (exact) mass is 534 g/mol. The minimum atomic E-state index is -3.74. The Bertz CT molecular complexity index is 1420. The smallest absolute Gasteiger partial charge is 0.355 e. The van der Waals surface area contributed by atoms with E-state index in [0.717, 1.165) is 18.4 Å². The predicted molar refractivity (Wildman–Crippen MR) is 118 cm³/mol. The summed E-state index contributed by atoms with van der Waals surface area (Å²) in [6.45, 7) is -0.642. The van der Waals surface area contributed by atoms with Gasteiger partial charge in [0, 0.05) is 6.07 Å². The number of benzene rings is 2. The first-order valence-corrected chi connectivity index (χ1v) is 12.0. The minimum Gasteiger partial charge on any atom is -0.481 e. The van der Waals surface area contributed by atoms with E-state index in [0.29, 0.717) is 4.68 Å². The molecule has 15 heteroatoms. The molecule has 188 valence electrons. The van der Waals surface area contributed by atoms with Crippen LogP contribution in [0, 0.1) is 12.7 Å². The average Bonchev–Trinajstić information content (AvgIpc) is 3.04. The fraction of sp³-hybridized carbons (Fsp3) is 0.250. The summed E-state index contributed by atoms with van der Waals surface area (Å²) >= 11 is 6.04. The van der Waals surface area contributed by atoms with Crippen LogP contribution in [0.4, 0.5) is 13.2 Å². The molecule has 0 bridgehead atoms. The molecule has 2 aromatic carbocycles. The van der Waals surface area contributed by atoms with Crippen molar-refractivity contribution in [3.05, 3.63) is 63.5 Å². The Labute approximate surface area is 201 Å². The third kappa shape index (κ3) is 6.14. The van der Waals surface area contributed by atoms with Gasteiger partial charge >= 0.3 is 12.2 Å². The fourth-order valence-corrected chi connectivity index (χ4v) is 3.57. The lowest BCUT2D eigenvalue weighted by Gasteiger charge is -2.14. The highest BCUT2D eigenvalue weighted by Crippen LogP contribution is 2.33. The lowest BCUT2D eigenvalue weighted by molar-refractivity contribution is -0.125. The standard InChI is InChI=1S/C20H18ClF3N4O6S/c1-10(18(29)26-35(3,31)32)33-12-4-6-13(7-5-12)34-17-9-16(15(22)8-14(17)21)28-20(30)27(19(23)24)11(2)25-28/h4-10,19H,1-3H3,(H,26,29). The summed E-state index contributed by atoms with van der Waals surface area (Å²) in [7, 11) is -3.74. The summed E-state index contributed by atoms with van der Waals surface area (Å²) in [5, 5.41) is 3.51. The highest BCUT2D eigenvalue weighted by molar-refractivity contribution is 7.89. The largest absolute Gasteiger partial charge is 0.481 e. The number of aromatic nitrogens is 3. The lowest BCUT2D eigenvalue weighted by atomic mass is 10.2. The number of carbonyl (C=O) groups is 1. The molecule has 1 amide bonds. The van der Waals surface area contributed by atoms with E-state index in [2.05, 4.69) is 5.10 Å². The number of nitrogens with zero attached hydrogens (tertiary/aromatic N) is 3. The highest BCUT2D eigenvalue weighted by atomic mass is 35.5. The SMILES string of the molecule is Cc1nn(-c2cc(Oc3ccc(OC(C)C(=O)NS(C)(=O)=O)cc3)c(Cl)cc2F)c(=O)n1C(F)F. The van der Waals surface area contributed by atoms with E-state index in [1.54, 1.807) is 4.72 Å². The molecule has 3 aromatic rings. The molecule has 1 unspecified atom stereocenters. The van der Waals surface area contributed by atoms with Gasteiger partial charge in [-0.3, -0.25) is 9.52 Å². The molecule has 0 aliphatic rings. The number of aryl methyl sites for hydroxylation is 1. The van der Waals surface area contributed by atoms with Crippen molar-refractivity contribution in [3.63, 3.8) is 0 Å². The molecule has 1 N–H and O–H groups in total. The third-order valence-electron chi connectivity index (χ3n) is 4.42. The van der Waals surface area contributed by atoms with E-state index in [1.807, 2.05) is 0 Å². The van der Waals surface area contributed by atoms with Gasteiger partial charge in [0.05, 0.1) is 11.3 Å². The molecule has 0 aliphatic carbocycles. The second-order valence-electron chi connectivity index (χ2n) is 7.20. The molecule has 0 aliphatic heterocycles. The van der Waals surface area contributed by atoms with Gasteiger partial charge in [-0.15, -0.1) is 5.10 Å². The van der Waals surface area contributed by atoms with Gasteiger partial charge in [0.25, 0.3) is 5.91 Å². The van der Waals surface area contributed by atoms with Crippen LogP contribution in [0.5, 0.6) is 17.2 Å². The maximum Gasteiger partial charge on any atom is 0.355 e. The summed E-state index contributed by atoms with van der Waals surface area (Å²) in [5.74, 6) is -1.89. The molecule has 3 rings (SSSR count).